The van der Waals surface area contributed by atoms with E-state index in [1.54, 1.807) is 6.07 Å². The number of hydrogen-bond acceptors (Lipinski definition) is 4. The van der Waals surface area contributed by atoms with Crippen LogP contribution >= 0.6 is 0 Å². The van der Waals surface area contributed by atoms with Crippen LogP contribution in [0.5, 0.6) is 0 Å². The first-order chi connectivity index (χ1) is 12.9. The maximum atomic E-state index is 12.7. The van der Waals surface area contributed by atoms with Gasteiger partial charge in [0.25, 0.3) is 0 Å². The van der Waals surface area contributed by atoms with Gasteiger partial charge in [0.2, 0.25) is 5.43 Å². The molecule has 3 aromatic rings. The number of aromatic carboxylic acids is 1. The molecular weight excluding hydrogens is 381 g/mol. The van der Waals surface area contributed by atoms with Crippen molar-refractivity contribution in [2.24, 2.45) is 0 Å². The Balaban J connectivity index is 0.00000225. The number of hydrogen-bond donors (Lipinski definition) is 2. The predicted molar refractivity (Wildman–Crippen MR) is 113 cm³/mol. The number of carboxylic acid groups (broad SMARTS) is 1. The van der Waals surface area contributed by atoms with Crippen molar-refractivity contribution in [3.8, 4) is 11.1 Å². The van der Waals surface area contributed by atoms with Crippen molar-refractivity contribution < 1.29 is 9.90 Å². The molecule has 140 valence electrons. The summed E-state index contributed by atoms with van der Waals surface area (Å²) in [5.74, 6) is -0.348. The third-order valence-corrected chi connectivity index (χ3v) is 5.24. The van der Waals surface area contributed by atoms with E-state index in [9.17, 15) is 14.7 Å². The maximum absolute atomic E-state index is 12.7. The number of anilines is 1. The van der Waals surface area contributed by atoms with E-state index in [-0.39, 0.29) is 63.0 Å². The number of carbonyl (C=O) groups is 1. The van der Waals surface area contributed by atoms with Crippen LogP contribution in [-0.2, 0) is 0 Å². The summed E-state index contributed by atoms with van der Waals surface area (Å²) >= 11 is 0. The van der Waals surface area contributed by atoms with Crippen molar-refractivity contribution in [2.75, 3.05) is 12.4 Å². The molecule has 0 atom stereocenters. The average molecular weight is 404 g/mol. The molecule has 1 aliphatic carbocycles. The summed E-state index contributed by atoms with van der Waals surface area (Å²) in [6.07, 6.45) is 5.32. The van der Waals surface area contributed by atoms with Gasteiger partial charge in [0.15, 0.2) is 0 Å². The number of benzene rings is 1. The third kappa shape index (κ3) is 3.57. The Bertz CT molecular complexity index is 1150. The molecule has 28 heavy (non-hydrogen) atoms. The first-order valence-corrected chi connectivity index (χ1v) is 8.99. The van der Waals surface area contributed by atoms with Crippen LogP contribution in [0.4, 0.5) is 5.82 Å². The fraction of sp³-hybridized carbons (Fsp3) is 0.286. The number of pyridine rings is 2. The Kier molecular flexibility index (Phi) is 6.12. The molecule has 0 unspecified atom stereocenters. The van der Waals surface area contributed by atoms with E-state index in [0.29, 0.717) is 5.39 Å². The summed E-state index contributed by atoms with van der Waals surface area (Å²) in [6.45, 7) is 3.98. The molecule has 2 aromatic heterocycles. The summed E-state index contributed by atoms with van der Waals surface area (Å²) in [5, 5.41) is 12.9. The van der Waals surface area contributed by atoms with Gasteiger partial charge >= 0.3 is 57.4 Å². The molecule has 0 spiro atoms. The normalized spacial score (nSPS) is 13.2. The Labute approximate surface area is 205 Å². The number of nitrogens with one attached hydrogen (secondary N) is 1. The van der Waals surface area contributed by atoms with Crippen LogP contribution in [0.25, 0.3) is 22.0 Å². The zero-order valence-corrected chi connectivity index (χ0v) is 15.5. The number of rotatable bonds is 4. The SMILES string of the molecule is CNc1ncc(-c2ccc3c(=O)c(C(=O)O)cn(C4CC4)c3c2C)cc1C.[KH]. The van der Waals surface area contributed by atoms with Gasteiger partial charge < -0.3 is 15.0 Å². The van der Waals surface area contributed by atoms with E-state index >= 15 is 0 Å². The molecule has 0 aliphatic heterocycles. The average Bonchev–Trinajstić information content (AvgIpc) is 3.47. The minimum atomic E-state index is -1.18. The fourth-order valence-corrected chi connectivity index (χ4v) is 3.71. The molecule has 7 heteroatoms. The van der Waals surface area contributed by atoms with Gasteiger partial charge in [-0.1, -0.05) is 6.07 Å². The summed E-state index contributed by atoms with van der Waals surface area (Å²) in [5.41, 5.74) is 4.20. The number of carboxylic acids is 1. The Hall–Kier alpha value is -1.51. The summed E-state index contributed by atoms with van der Waals surface area (Å²) in [7, 11) is 1.84. The van der Waals surface area contributed by atoms with E-state index in [0.717, 1.165) is 46.4 Å². The zero-order chi connectivity index (χ0) is 19.3. The number of aryl methyl sites for hydroxylation is 2. The van der Waals surface area contributed by atoms with Gasteiger partial charge in [0.05, 0.1) is 5.52 Å². The monoisotopic (exact) mass is 403 g/mol. The molecule has 1 fully saturated rings. The van der Waals surface area contributed by atoms with E-state index in [2.05, 4.69) is 16.4 Å². The Morgan fingerprint density at radius 2 is 2.00 bits per heavy atom. The summed E-state index contributed by atoms with van der Waals surface area (Å²) < 4.78 is 1.97. The van der Waals surface area contributed by atoms with E-state index in [4.69, 9.17) is 0 Å². The van der Waals surface area contributed by atoms with Crippen molar-refractivity contribution in [3.63, 3.8) is 0 Å². The molecular formula is C21H22KN3O3. The second-order valence-corrected chi connectivity index (χ2v) is 7.09. The Morgan fingerprint density at radius 1 is 1.29 bits per heavy atom. The number of fused-ring (bicyclic) bond motifs is 1. The second-order valence-electron chi connectivity index (χ2n) is 7.09. The van der Waals surface area contributed by atoms with E-state index < -0.39 is 11.4 Å². The van der Waals surface area contributed by atoms with Gasteiger partial charge in [0.1, 0.15) is 11.4 Å². The minimum absolute atomic E-state index is 0. The molecule has 1 aliphatic rings. The van der Waals surface area contributed by atoms with Gasteiger partial charge in [0, 0.05) is 36.4 Å². The van der Waals surface area contributed by atoms with Gasteiger partial charge in [-0.05, 0) is 55.5 Å². The van der Waals surface area contributed by atoms with Crippen LogP contribution in [0, 0.1) is 13.8 Å². The van der Waals surface area contributed by atoms with Crippen molar-refractivity contribution in [2.45, 2.75) is 32.7 Å². The van der Waals surface area contributed by atoms with Gasteiger partial charge in [-0.3, -0.25) is 4.79 Å². The fourth-order valence-electron chi connectivity index (χ4n) is 3.71. The van der Waals surface area contributed by atoms with Crippen molar-refractivity contribution in [1.29, 1.82) is 0 Å². The molecule has 2 heterocycles. The second kappa shape index (κ2) is 8.08. The molecule has 0 radical (unpaired) electrons. The molecule has 0 saturated heterocycles. The van der Waals surface area contributed by atoms with Crippen molar-refractivity contribution in [1.82, 2.24) is 9.55 Å². The molecule has 1 aromatic carbocycles. The first-order valence-electron chi connectivity index (χ1n) is 8.99. The summed E-state index contributed by atoms with van der Waals surface area (Å²) in [4.78, 5) is 28.7. The van der Waals surface area contributed by atoms with E-state index in [1.165, 1.54) is 6.20 Å². The van der Waals surface area contributed by atoms with Crippen molar-refractivity contribution >= 4 is 74.1 Å². The van der Waals surface area contributed by atoms with Crippen molar-refractivity contribution in [3.05, 3.63) is 57.5 Å². The van der Waals surface area contributed by atoms with E-state index in [1.807, 2.05) is 37.7 Å². The van der Waals surface area contributed by atoms with Crippen LogP contribution < -0.4 is 10.7 Å². The van der Waals surface area contributed by atoms with Gasteiger partial charge in [-0.15, -0.1) is 0 Å². The molecule has 6 nitrogen and oxygen atoms in total. The van der Waals surface area contributed by atoms with Crippen LogP contribution in [-0.4, -0.2) is 79.1 Å². The van der Waals surface area contributed by atoms with Crippen LogP contribution in [0.3, 0.4) is 0 Å². The molecule has 1 saturated carbocycles. The Morgan fingerprint density at radius 3 is 2.57 bits per heavy atom. The van der Waals surface area contributed by atoms with Crippen LogP contribution in [0.1, 0.15) is 40.4 Å². The summed E-state index contributed by atoms with van der Waals surface area (Å²) in [6, 6.07) is 5.95. The quantitative estimate of drug-likeness (QED) is 0.654. The van der Waals surface area contributed by atoms with Crippen LogP contribution in [0.15, 0.2) is 35.4 Å². The number of nitrogens with zero attached hydrogens (tertiary/aromatic N) is 2. The molecule has 4 rings (SSSR count). The number of aromatic nitrogens is 2. The zero-order valence-electron chi connectivity index (χ0n) is 15.5. The topological polar surface area (TPSA) is 84.2 Å². The van der Waals surface area contributed by atoms with Gasteiger partial charge in [-0.2, -0.15) is 0 Å². The standard InChI is InChI=1S/C21H21N3O3.K.H/c1-11-8-13(9-23-20(11)22-3)15-6-7-16-18(12(15)2)24(14-4-5-14)10-17(19(16)25)21(26)27;;/h6-10,14H,4-5H2,1-3H3,(H,22,23)(H,26,27);;. The third-order valence-electron chi connectivity index (χ3n) is 5.24. The van der Waals surface area contributed by atoms with Gasteiger partial charge in [-0.25, -0.2) is 9.78 Å². The predicted octanol–water partition coefficient (Wildman–Crippen LogP) is 3.11. The van der Waals surface area contributed by atoms with Crippen LogP contribution in [0.2, 0.25) is 0 Å². The molecule has 2 N–H and O–H groups in total. The molecule has 0 bridgehead atoms. The first kappa shape index (κ1) is 21.2. The molecule has 0 amide bonds.